The standard InChI is InChI=1S/C12H15BrFNO/c1-9-8-16-5-4-15(9)7-10-2-3-11(13)12(14)6-10/h2-3,6,9H,4-5,7-8H2,1H3. The van der Waals surface area contributed by atoms with E-state index in [0.717, 1.165) is 31.9 Å². The molecule has 1 saturated heterocycles. The summed E-state index contributed by atoms with van der Waals surface area (Å²) in [6.45, 7) is 5.37. The van der Waals surface area contributed by atoms with Gasteiger partial charge in [0.2, 0.25) is 0 Å². The molecule has 2 nitrogen and oxygen atoms in total. The lowest BCUT2D eigenvalue weighted by Gasteiger charge is -2.33. The summed E-state index contributed by atoms with van der Waals surface area (Å²) in [4.78, 5) is 2.31. The Morgan fingerprint density at radius 2 is 2.38 bits per heavy atom. The molecule has 1 aliphatic heterocycles. The fourth-order valence-corrected chi connectivity index (χ4v) is 2.12. The van der Waals surface area contributed by atoms with Gasteiger partial charge in [-0.05, 0) is 40.5 Å². The van der Waals surface area contributed by atoms with E-state index in [2.05, 4.69) is 27.8 Å². The van der Waals surface area contributed by atoms with E-state index in [1.165, 1.54) is 0 Å². The lowest BCUT2D eigenvalue weighted by Crippen LogP contribution is -2.42. The van der Waals surface area contributed by atoms with Crippen LogP contribution in [0, 0.1) is 5.82 Å². The van der Waals surface area contributed by atoms with Crippen LogP contribution in [-0.4, -0.2) is 30.7 Å². The van der Waals surface area contributed by atoms with Crippen molar-refractivity contribution in [3.05, 3.63) is 34.1 Å². The maximum atomic E-state index is 13.3. The van der Waals surface area contributed by atoms with E-state index >= 15 is 0 Å². The van der Waals surface area contributed by atoms with E-state index in [9.17, 15) is 4.39 Å². The third-order valence-electron chi connectivity index (χ3n) is 2.87. The summed E-state index contributed by atoms with van der Waals surface area (Å²) in [5.41, 5.74) is 1.01. The van der Waals surface area contributed by atoms with Gasteiger partial charge in [0, 0.05) is 19.1 Å². The van der Waals surface area contributed by atoms with Crippen LogP contribution in [-0.2, 0) is 11.3 Å². The van der Waals surface area contributed by atoms with Gasteiger partial charge in [-0.15, -0.1) is 0 Å². The van der Waals surface area contributed by atoms with Gasteiger partial charge in [-0.25, -0.2) is 4.39 Å². The van der Waals surface area contributed by atoms with Crippen LogP contribution in [0.2, 0.25) is 0 Å². The maximum Gasteiger partial charge on any atom is 0.137 e. The van der Waals surface area contributed by atoms with Crippen LogP contribution in [0.5, 0.6) is 0 Å². The Balaban J connectivity index is 2.05. The number of ether oxygens (including phenoxy) is 1. The van der Waals surface area contributed by atoms with Crippen molar-refractivity contribution in [3.8, 4) is 0 Å². The summed E-state index contributed by atoms with van der Waals surface area (Å²) in [5, 5.41) is 0. The van der Waals surface area contributed by atoms with Gasteiger partial charge >= 0.3 is 0 Å². The monoisotopic (exact) mass is 287 g/mol. The van der Waals surface area contributed by atoms with Crippen molar-refractivity contribution in [2.45, 2.75) is 19.5 Å². The summed E-state index contributed by atoms with van der Waals surface area (Å²) < 4.78 is 19.2. The topological polar surface area (TPSA) is 12.5 Å². The first-order valence-electron chi connectivity index (χ1n) is 5.42. The van der Waals surface area contributed by atoms with Crippen LogP contribution in [0.3, 0.4) is 0 Å². The fourth-order valence-electron chi connectivity index (χ4n) is 1.87. The molecule has 88 valence electrons. The molecule has 1 aromatic carbocycles. The maximum absolute atomic E-state index is 13.3. The zero-order valence-corrected chi connectivity index (χ0v) is 10.8. The molecular weight excluding hydrogens is 273 g/mol. The Labute approximate surface area is 104 Å². The van der Waals surface area contributed by atoms with Crippen LogP contribution in [0.15, 0.2) is 22.7 Å². The average molecular weight is 288 g/mol. The molecule has 0 N–H and O–H groups in total. The quantitative estimate of drug-likeness (QED) is 0.829. The van der Waals surface area contributed by atoms with Gasteiger partial charge in [-0.2, -0.15) is 0 Å². The Bertz CT molecular complexity index is 372. The highest BCUT2D eigenvalue weighted by Gasteiger charge is 2.18. The van der Waals surface area contributed by atoms with Gasteiger partial charge in [0.1, 0.15) is 5.82 Å². The minimum absolute atomic E-state index is 0.196. The third kappa shape index (κ3) is 2.81. The van der Waals surface area contributed by atoms with Gasteiger partial charge in [0.15, 0.2) is 0 Å². The van der Waals surface area contributed by atoms with Crippen LogP contribution in [0.1, 0.15) is 12.5 Å². The largest absolute Gasteiger partial charge is 0.379 e. The number of morpholine rings is 1. The van der Waals surface area contributed by atoms with E-state index < -0.39 is 0 Å². The lowest BCUT2D eigenvalue weighted by atomic mass is 10.1. The molecule has 0 spiro atoms. The molecule has 1 heterocycles. The molecule has 0 aliphatic carbocycles. The summed E-state index contributed by atoms with van der Waals surface area (Å²) >= 11 is 3.16. The van der Waals surface area contributed by atoms with E-state index in [0.29, 0.717) is 10.5 Å². The molecule has 0 bridgehead atoms. The van der Waals surface area contributed by atoms with Crippen molar-refractivity contribution in [1.82, 2.24) is 4.90 Å². The summed E-state index contributed by atoms with van der Waals surface area (Å²) in [5.74, 6) is -0.196. The normalized spacial score (nSPS) is 22.3. The average Bonchev–Trinajstić information content (AvgIpc) is 2.27. The first-order valence-corrected chi connectivity index (χ1v) is 6.22. The smallest absolute Gasteiger partial charge is 0.137 e. The molecule has 1 fully saturated rings. The predicted octanol–water partition coefficient (Wildman–Crippen LogP) is 2.81. The highest BCUT2D eigenvalue weighted by molar-refractivity contribution is 9.10. The van der Waals surface area contributed by atoms with E-state index in [-0.39, 0.29) is 5.82 Å². The number of hydrogen-bond acceptors (Lipinski definition) is 2. The Kier molecular flexibility index (Phi) is 3.95. The summed E-state index contributed by atoms with van der Waals surface area (Å²) in [7, 11) is 0. The number of halogens is 2. The zero-order chi connectivity index (χ0) is 11.5. The molecule has 2 rings (SSSR count). The van der Waals surface area contributed by atoms with Gasteiger partial charge in [0.25, 0.3) is 0 Å². The Morgan fingerprint density at radius 3 is 3.06 bits per heavy atom. The van der Waals surface area contributed by atoms with E-state index in [4.69, 9.17) is 4.74 Å². The van der Waals surface area contributed by atoms with Gasteiger partial charge in [0.05, 0.1) is 17.7 Å². The Hall–Kier alpha value is -0.450. The van der Waals surface area contributed by atoms with E-state index in [1.807, 2.05) is 6.07 Å². The highest BCUT2D eigenvalue weighted by atomic mass is 79.9. The molecule has 0 saturated carbocycles. The van der Waals surface area contributed by atoms with Crippen LogP contribution in [0.4, 0.5) is 4.39 Å². The Morgan fingerprint density at radius 1 is 1.56 bits per heavy atom. The highest BCUT2D eigenvalue weighted by Crippen LogP contribution is 2.18. The molecule has 1 unspecified atom stereocenters. The molecule has 0 amide bonds. The van der Waals surface area contributed by atoms with Crippen LogP contribution in [0.25, 0.3) is 0 Å². The van der Waals surface area contributed by atoms with Gasteiger partial charge in [-0.1, -0.05) is 6.07 Å². The predicted molar refractivity (Wildman–Crippen MR) is 64.8 cm³/mol. The van der Waals surface area contributed by atoms with Crippen molar-refractivity contribution in [3.63, 3.8) is 0 Å². The van der Waals surface area contributed by atoms with Gasteiger partial charge < -0.3 is 4.74 Å². The summed E-state index contributed by atoms with van der Waals surface area (Å²) in [6.07, 6.45) is 0. The molecule has 0 radical (unpaired) electrons. The van der Waals surface area contributed by atoms with Gasteiger partial charge in [-0.3, -0.25) is 4.90 Å². The second-order valence-electron chi connectivity index (χ2n) is 4.14. The van der Waals surface area contributed by atoms with Crippen molar-refractivity contribution in [2.75, 3.05) is 19.8 Å². The SMILES string of the molecule is CC1COCCN1Cc1ccc(Br)c(F)c1. The molecule has 0 aromatic heterocycles. The fraction of sp³-hybridized carbons (Fsp3) is 0.500. The van der Waals surface area contributed by atoms with Crippen molar-refractivity contribution in [2.24, 2.45) is 0 Å². The number of benzene rings is 1. The molecule has 16 heavy (non-hydrogen) atoms. The molecule has 1 atom stereocenters. The van der Waals surface area contributed by atoms with Crippen LogP contribution < -0.4 is 0 Å². The molecule has 4 heteroatoms. The van der Waals surface area contributed by atoms with Crippen LogP contribution >= 0.6 is 15.9 Å². The summed E-state index contributed by atoms with van der Waals surface area (Å²) in [6, 6.07) is 5.71. The minimum atomic E-state index is -0.196. The first kappa shape index (κ1) is 12.0. The second kappa shape index (κ2) is 5.25. The van der Waals surface area contributed by atoms with Crippen molar-refractivity contribution >= 4 is 15.9 Å². The second-order valence-corrected chi connectivity index (χ2v) is 5.00. The third-order valence-corrected chi connectivity index (χ3v) is 3.52. The number of nitrogens with zero attached hydrogens (tertiary/aromatic N) is 1. The number of hydrogen-bond donors (Lipinski definition) is 0. The molecular formula is C12H15BrFNO. The van der Waals surface area contributed by atoms with Crippen molar-refractivity contribution < 1.29 is 9.13 Å². The van der Waals surface area contributed by atoms with Crippen molar-refractivity contribution in [1.29, 1.82) is 0 Å². The van der Waals surface area contributed by atoms with E-state index in [1.54, 1.807) is 12.1 Å². The minimum Gasteiger partial charge on any atom is -0.379 e. The zero-order valence-electron chi connectivity index (χ0n) is 9.25. The molecule has 1 aliphatic rings. The molecule has 1 aromatic rings. The first-order chi connectivity index (χ1) is 7.66. The lowest BCUT2D eigenvalue weighted by molar-refractivity contribution is -0.00440. The number of rotatable bonds is 2.